The normalized spacial score (nSPS) is 15.0. The maximum atomic E-state index is 10.4. The van der Waals surface area contributed by atoms with Crippen molar-refractivity contribution in [1.82, 2.24) is 39.1 Å². The van der Waals surface area contributed by atoms with Crippen molar-refractivity contribution < 1.29 is 5.11 Å². The third-order valence-corrected chi connectivity index (χ3v) is 8.33. The van der Waals surface area contributed by atoms with Crippen LogP contribution in [0.4, 0.5) is 11.8 Å². The molecule has 1 aromatic carbocycles. The summed E-state index contributed by atoms with van der Waals surface area (Å²) in [5.74, 6) is 1.47. The molecule has 0 atom stereocenters. The summed E-state index contributed by atoms with van der Waals surface area (Å²) < 4.78 is 3.95. The van der Waals surface area contributed by atoms with Crippen LogP contribution in [-0.2, 0) is 12.1 Å². The van der Waals surface area contributed by atoms with E-state index >= 15 is 0 Å². The minimum Gasteiger partial charge on any atom is -0.384 e. The molecule has 11 heteroatoms. The monoisotopic (exact) mass is 602 g/mol. The fourth-order valence-corrected chi connectivity index (χ4v) is 5.79. The number of imidazole rings is 1. The van der Waals surface area contributed by atoms with Crippen LogP contribution in [0.15, 0.2) is 42.9 Å². The molecule has 0 radical (unpaired) electrons. The van der Waals surface area contributed by atoms with Crippen LogP contribution in [0, 0.1) is 0 Å². The predicted octanol–water partition coefficient (Wildman–Crippen LogP) is 4.68. The number of nitrogens with one attached hydrogen (secondary N) is 1. The average molecular weight is 603 g/mol. The summed E-state index contributed by atoms with van der Waals surface area (Å²) in [6.45, 7) is 21.3. The van der Waals surface area contributed by atoms with Gasteiger partial charge >= 0.3 is 0 Å². The summed E-state index contributed by atoms with van der Waals surface area (Å²) in [7, 11) is 0. The molecule has 1 aliphatic rings. The Morgan fingerprint density at radius 2 is 1.68 bits per heavy atom. The van der Waals surface area contributed by atoms with Gasteiger partial charge in [0.05, 0.1) is 17.7 Å². The van der Waals surface area contributed by atoms with E-state index in [-0.39, 0.29) is 6.04 Å². The zero-order chi connectivity index (χ0) is 31.3. The molecule has 1 aliphatic heterocycles. The highest BCUT2D eigenvalue weighted by molar-refractivity contribution is 5.84. The van der Waals surface area contributed by atoms with Gasteiger partial charge in [0.15, 0.2) is 17.0 Å². The fourth-order valence-electron chi connectivity index (χ4n) is 5.79. The molecule has 11 nitrogen and oxygen atoms in total. The van der Waals surface area contributed by atoms with Gasteiger partial charge in [-0.25, -0.2) is 9.67 Å². The number of hydrogen-bond donors (Lipinski definition) is 2. The van der Waals surface area contributed by atoms with Gasteiger partial charge in [-0.05, 0) is 64.8 Å². The highest BCUT2D eigenvalue weighted by Gasteiger charge is 2.22. The van der Waals surface area contributed by atoms with Gasteiger partial charge in [-0.15, -0.1) is 0 Å². The molecule has 0 spiro atoms. The molecule has 0 bridgehead atoms. The van der Waals surface area contributed by atoms with Crippen LogP contribution in [0.3, 0.4) is 0 Å². The highest BCUT2D eigenvalue weighted by atomic mass is 16.3. The second kappa shape index (κ2) is 14.0. The molecular formula is C33H50N10O. The first-order chi connectivity index (χ1) is 21.2. The number of piperazine rings is 1. The third kappa shape index (κ3) is 7.39. The van der Waals surface area contributed by atoms with E-state index in [2.05, 4.69) is 63.4 Å². The van der Waals surface area contributed by atoms with Crippen LogP contribution >= 0.6 is 0 Å². The SMILES string of the molecule is CCCN1CCN(CCN(CCC)c2nc(NCc3ccccc3-n3ccc(C(C)(C)O)n3)c3ncn(C(C)C)c3n2)CC1. The molecule has 2 N–H and O–H groups in total. The average Bonchev–Trinajstić information content (AvgIpc) is 3.67. The van der Waals surface area contributed by atoms with Crippen LogP contribution < -0.4 is 10.2 Å². The molecule has 5 rings (SSSR count). The lowest BCUT2D eigenvalue weighted by Gasteiger charge is -2.35. The number of nitrogens with zero attached hydrogens (tertiary/aromatic N) is 9. The van der Waals surface area contributed by atoms with Crippen molar-refractivity contribution in [2.45, 2.75) is 72.6 Å². The van der Waals surface area contributed by atoms with Crippen molar-refractivity contribution in [3.05, 3.63) is 54.1 Å². The first-order valence-corrected chi connectivity index (χ1v) is 16.2. The summed E-state index contributed by atoms with van der Waals surface area (Å²) in [6, 6.07) is 10.2. The van der Waals surface area contributed by atoms with Crippen molar-refractivity contribution in [3.8, 4) is 5.69 Å². The summed E-state index contributed by atoms with van der Waals surface area (Å²) in [4.78, 5) is 22.4. The molecule has 1 saturated heterocycles. The zero-order valence-corrected chi connectivity index (χ0v) is 27.4. The van der Waals surface area contributed by atoms with Gasteiger partial charge < -0.3 is 24.8 Å². The smallest absolute Gasteiger partial charge is 0.229 e. The Kier molecular flexibility index (Phi) is 10.2. The van der Waals surface area contributed by atoms with Gasteiger partial charge in [-0.3, -0.25) is 4.90 Å². The number of para-hydroxylation sites is 1. The third-order valence-electron chi connectivity index (χ3n) is 8.33. The molecule has 44 heavy (non-hydrogen) atoms. The van der Waals surface area contributed by atoms with Crippen molar-refractivity contribution in [3.63, 3.8) is 0 Å². The summed E-state index contributed by atoms with van der Waals surface area (Å²) in [5.41, 5.74) is 3.23. The number of benzene rings is 1. The molecule has 238 valence electrons. The first kappa shape index (κ1) is 31.9. The lowest BCUT2D eigenvalue weighted by Crippen LogP contribution is -2.48. The Labute approximate surface area is 261 Å². The van der Waals surface area contributed by atoms with Gasteiger partial charge in [0, 0.05) is 64.6 Å². The van der Waals surface area contributed by atoms with E-state index in [0.717, 1.165) is 86.4 Å². The second-order valence-corrected chi connectivity index (χ2v) is 12.6. The Morgan fingerprint density at radius 1 is 0.955 bits per heavy atom. The number of fused-ring (bicyclic) bond motifs is 1. The number of hydrogen-bond acceptors (Lipinski definition) is 9. The number of anilines is 2. The van der Waals surface area contributed by atoms with Crippen molar-refractivity contribution in [2.24, 2.45) is 0 Å². The quantitative estimate of drug-likeness (QED) is 0.213. The molecule has 0 unspecified atom stereocenters. The summed E-state index contributed by atoms with van der Waals surface area (Å²) >= 11 is 0. The Balaban J connectivity index is 1.40. The molecular weight excluding hydrogens is 552 g/mol. The summed E-state index contributed by atoms with van der Waals surface area (Å²) in [6.07, 6.45) is 5.99. The Morgan fingerprint density at radius 3 is 2.34 bits per heavy atom. The van der Waals surface area contributed by atoms with Crippen LogP contribution in [0.2, 0.25) is 0 Å². The zero-order valence-electron chi connectivity index (χ0n) is 27.4. The Bertz CT molecular complexity index is 1500. The van der Waals surface area contributed by atoms with Crippen LogP contribution in [0.25, 0.3) is 16.9 Å². The number of aliphatic hydroxyl groups is 1. The van der Waals surface area contributed by atoms with E-state index in [9.17, 15) is 5.11 Å². The van der Waals surface area contributed by atoms with E-state index in [4.69, 9.17) is 15.0 Å². The van der Waals surface area contributed by atoms with Crippen LogP contribution in [0.1, 0.15) is 71.7 Å². The molecule has 4 aromatic rings. The van der Waals surface area contributed by atoms with Gasteiger partial charge in [0.25, 0.3) is 0 Å². The minimum atomic E-state index is -1.01. The standard InChI is InChI=1S/C33H50N10O/c1-7-14-39-17-19-40(20-18-39)21-22-41(15-8-2)32-36-30(29-31(37-32)42(24-35-29)25(3)4)34-23-26-11-9-10-12-27(26)43-16-13-28(38-43)33(5,6)44/h9-13,16,24-25,44H,7-8,14-15,17-23H2,1-6H3,(H,34,36,37). The Hall–Kier alpha value is -3.54. The predicted molar refractivity (Wildman–Crippen MR) is 178 cm³/mol. The molecule has 0 amide bonds. The van der Waals surface area contributed by atoms with E-state index in [1.165, 1.54) is 13.0 Å². The number of rotatable bonds is 14. The van der Waals surface area contributed by atoms with E-state index < -0.39 is 5.60 Å². The maximum Gasteiger partial charge on any atom is 0.229 e. The molecule has 1 fully saturated rings. The molecule has 0 saturated carbocycles. The van der Waals surface area contributed by atoms with Crippen molar-refractivity contribution in [1.29, 1.82) is 0 Å². The van der Waals surface area contributed by atoms with E-state index in [0.29, 0.717) is 12.2 Å². The lowest BCUT2D eigenvalue weighted by atomic mass is 10.1. The summed E-state index contributed by atoms with van der Waals surface area (Å²) in [5, 5.41) is 18.7. The molecule has 3 aromatic heterocycles. The molecule has 0 aliphatic carbocycles. The largest absolute Gasteiger partial charge is 0.384 e. The fraction of sp³-hybridized carbons (Fsp3) is 0.576. The van der Waals surface area contributed by atoms with Gasteiger partial charge in [-0.2, -0.15) is 15.1 Å². The topological polar surface area (TPSA) is 103 Å². The van der Waals surface area contributed by atoms with Gasteiger partial charge in [0.2, 0.25) is 5.95 Å². The highest BCUT2D eigenvalue weighted by Crippen LogP contribution is 2.27. The van der Waals surface area contributed by atoms with Gasteiger partial charge in [0.1, 0.15) is 5.60 Å². The second-order valence-electron chi connectivity index (χ2n) is 12.6. The molecule has 4 heterocycles. The number of aromatic nitrogens is 6. The van der Waals surface area contributed by atoms with Gasteiger partial charge in [-0.1, -0.05) is 32.0 Å². The van der Waals surface area contributed by atoms with Crippen molar-refractivity contribution in [2.75, 3.05) is 62.6 Å². The lowest BCUT2D eigenvalue weighted by molar-refractivity contribution is 0.0734. The van der Waals surface area contributed by atoms with Crippen molar-refractivity contribution >= 4 is 22.9 Å². The maximum absolute atomic E-state index is 10.4. The van der Waals surface area contributed by atoms with Crippen LogP contribution in [-0.4, -0.2) is 96.6 Å². The van der Waals surface area contributed by atoms with E-state index in [1.807, 2.05) is 41.5 Å². The van der Waals surface area contributed by atoms with E-state index in [1.54, 1.807) is 13.8 Å². The first-order valence-electron chi connectivity index (χ1n) is 16.2. The van der Waals surface area contributed by atoms with Crippen LogP contribution in [0.5, 0.6) is 0 Å². The minimum absolute atomic E-state index is 0.222.